The van der Waals surface area contributed by atoms with Crippen molar-refractivity contribution in [1.82, 2.24) is 19.5 Å². The number of imidazole rings is 1. The molecule has 3 aromatic rings. The highest BCUT2D eigenvalue weighted by Crippen LogP contribution is 2.20. The Balaban J connectivity index is 1.97. The van der Waals surface area contributed by atoms with E-state index < -0.39 is 0 Å². The molecule has 0 atom stereocenters. The Hall–Kier alpha value is -2.67. The van der Waals surface area contributed by atoms with E-state index in [9.17, 15) is 0 Å². The van der Waals surface area contributed by atoms with Crippen LogP contribution in [-0.2, 0) is 6.54 Å². The van der Waals surface area contributed by atoms with Crippen LogP contribution in [0.15, 0.2) is 36.7 Å². The van der Waals surface area contributed by atoms with E-state index in [4.69, 9.17) is 15.6 Å². The highest BCUT2D eigenvalue weighted by Gasteiger charge is 2.12. The third kappa shape index (κ3) is 2.77. The Morgan fingerprint density at radius 2 is 2.00 bits per heavy atom. The molecule has 0 saturated heterocycles. The number of nitrogen functional groups attached to an aromatic ring is 1. The molecule has 0 amide bonds. The minimum absolute atomic E-state index is 0.107. The van der Waals surface area contributed by atoms with Crippen molar-refractivity contribution in [3.63, 3.8) is 0 Å². The zero-order chi connectivity index (χ0) is 14.7. The molecule has 0 fully saturated rings. The summed E-state index contributed by atoms with van der Waals surface area (Å²) >= 11 is 0. The van der Waals surface area contributed by atoms with E-state index in [0.717, 1.165) is 5.56 Å². The first-order chi connectivity index (χ1) is 10.3. The summed E-state index contributed by atoms with van der Waals surface area (Å²) in [6.45, 7) is 0.648. The first kappa shape index (κ1) is 13.3. The van der Waals surface area contributed by atoms with Gasteiger partial charge in [-0.1, -0.05) is 30.3 Å². The van der Waals surface area contributed by atoms with Gasteiger partial charge >= 0.3 is 6.01 Å². The van der Waals surface area contributed by atoms with Crippen LogP contribution in [0.25, 0.3) is 11.2 Å². The second-order valence-corrected chi connectivity index (χ2v) is 4.49. The van der Waals surface area contributed by atoms with Gasteiger partial charge in [-0.05, 0) is 5.56 Å². The number of ether oxygens (including phenoxy) is 1. The fraction of sp³-hybridized carbons (Fsp3) is 0.214. The summed E-state index contributed by atoms with van der Waals surface area (Å²) in [4.78, 5) is 12.6. The van der Waals surface area contributed by atoms with Crippen LogP contribution in [0.1, 0.15) is 5.56 Å². The number of anilines is 1. The van der Waals surface area contributed by atoms with E-state index in [1.165, 1.54) is 0 Å². The predicted molar refractivity (Wildman–Crippen MR) is 77.9 cm³/mol. The maximum absolute atomic E-state index is 8.79. The Kier molecular flexibility index (Phi) is 3.65. The summed E-state index contributed by atoms with van der Waals surface area (Å²) in [5, 5.41) is 8.79. The van der Waals surface area contributed by atoms with Gasteiger partial charge in [-0.25, -0.2) is 4.98 Å². The molecule has 2 heterocycles. The van der Waals surface area contributed by atoms with Crippen LogP contribution in [0, 0.1) is 0 Å². The van der Waals surface area contributed by atoms with Gasteiger partial charge in [0.25, 0.3) is 0 Å². The van der Waals surface area contributed by atoms with Crippen LogP contribution in [0.5, 0.6) is 6.01 Å². The lowest BCUT2D eigenvalue weighted by atomic mass is 10.2. The van der Waals surface area contributed by atoms with Crippen LogP contribution in [0.3, 0.4) is 0 Å². The quantitative estimate of drug-likeness (QED) is 0.720. The van der Waals surface area contributed by atoms with Crippen LogP contribution in [-0.4, -0.2) is 37.8 Å². The number of nitrogens with two attached hydrogens (primary N) is 1. The SMILES string of the molecule is Nc1nc(OCCO)nc2c1ncn2Cc1ccccc1. The lowest BCUT2D eigenvalue weighted by Crippen LogP contribution is -2.07. The van der Waals surface area contributed by atoms with Gasteiger partial charge in [-0.2, -0.15) is 9.97 Å². The summed E-state index contributed by atoms with van der Waals surface area (Å²) < 4.78 is 7.11. The number of aliphatic hydroxyl groups is 1. The highest BCUT2D eigenvalue weighted by atomic mass is 16.5. The molecule has 7 heteroatoms. The Labute approximate surface area is 121 Å². The van der Waals surface area contributed by atoms with Gasteiger partial charge in [-0.3, -0.25) is 0 Å². The third-order valence-corrected chi connectivity index (χ3v) is 2.99. The van der Waals surface area contributed by atoms with E-state index in [1.807, 2.05) is 34.9 Å². The van der Waals surface area contributed by atoms with Crippen LogP contribution in [0.2, 0.25) is 0 Å². The molecule has 0 unspecified atom stereocenters. The monoisotopic (exact) mass is 285 g/mol. The summed E-state index contributed by atoms with van der Waals surface area (Å²) in [6, 6.07) is 10.1. The van der Waals surface area contributed by atoms with Gasteiger partial charge in [0.15, 0.2) is 17.0 Å². The van der Waals surface area contributed by atoms with Crippen molar-refractivity contribution in [3.05, 3.63) is 42.2 Å². The van der Waals surface area contributed by atoms with Gasteiger partial charge in [0.2, 0.25) is 0 Å². The summed E-state index contributed by atoms with van der Waals surface area (Å²) in [7, 11) is 0. The Morgan fingerprint density at radius 3 is 2.76 bits per heavy atom. The van der Waals surface area contributed by atoms with E-state index in [-0.39, 0.29) is 25.0 Å². The minimum Gasteiger partial charge on any atom is -0.461 e. The summed E-state index contributed by atoms with van der Waals surface area (Å²) in [5.74, 6) is 0.264. The Morgan fingerprint density at radius 1 is 1.19 bits per heavy atom. The fourth-order valence-electron chi connectivity index (χ4n) is 2.04. The van der Waals surface area contributed by atoms with Gasteiger partial charge in [0.05, 0.1) is 19.5 Å². The molecule has 0 aliphatic heterocycles. The second-order valence-electron chi connectivity index (χ2n) is 4.49. The molecule has 0 aliphatic carbocycles. The molecule has 0 bridgehead atoms. The molecule has 0 aliphatic rings. The second kappa shape index (κ2) is 5.76. The van der Waals surface area contributed by atoms with Crippen molar-refractivity contribution in [2.45, 2.75) is 6.54 Å². The molecule has 0 spiro atoms. The summed E-state index contributed by atoms with van der Waals surface area (Å²) in [6.07, 6.45) is 1.68. The lowest BCUT2D eigenvalue weighted by Gasteiger charge is -2.06. The van der Waals surface area contributed by atoms with E-state index >= 15 is 0 Å². The van der Waals surface area contributed by atoms with Gasteiger partial charge in [0.1, 0.15) is 6.61 Å². The van der Waals surface area contributed by atoms with Crippen LogP contribution < -0.4 is 10.5 Å². The molecule has 1 aromatic carbocycles. The lowest BCUT2D eigenvalue weighted by molar-refractivity contribution is 0.192. The number of hydrogen-bond acceptors (Lipinski definition) is 6. The zero-order valence-corrected chi connectivity index (χ0v) is 11.3. The molecular weight excluding hydrogens is 270 g/mol. The molecule has 2 aromatic heterocycles. The molecule has 7 nitrogen and oxygen atoms in total. The number of nitrogens with zero attached hydrogens (tertiary/aromatic N) is 4. The van der Waals surface area contributed by atoms with Crippen molar-refractivity contribution in [2.24, 2.45) is 0 Å². The van der Waals surface area contributed by atoms with Gasteiger partial charge in [-0.15, -0.1) is 0 Å². The third-order valence-electron chi connectivity index (χ3n) is 2.99. The van der Waals surface area contributed by atoms with Crippen LogP contribution in [0.4, 0.5) is 5.82 Å². The van der Waals surface area contributed by atoms with E-state index in [2.05, 4.69) is 15.0 Å². The normalized spacial score (nSPS) is 10.9. The van der Waals surface area contributed by atoms with Crippen molar-refractivity contribution in [2.75, 3.05) is 18.9 Å². The maximum Gasteiger partial charge on any atom is 0.320 e. The van der Waals surface area contributed by atoms with Crippen molar-refractivity contribution in [1.29, 1.82) is 0 Å². The largest absolute Gasteiger partial charge is 0.461 e. The van der Waals surface area contributed by atoms with Gasteiger partial charge in [0, 0.05) is 0 Å². The summed E-state index contributed by atoms with van der Waals surface area (Å²) in [5.41, 5.74) is 8.15. The molecule has 108 valence electrons. The molecule has 21 heavy (non-hydrogen) atoms. The average molecular weight is 285 g/mol. The number of fused-ring (bicyclic) bond motifs is 1. The van der Waals surface area contributed by atoms with Crippen molar-refractivity contribution < 1.29 is 9.84 Å². The number of aliphatic hydroxyl groups excluding tert-OH is 1. The highest BCUT2D eigenvalue weighted by molar-refractivity contribution is 5.81. The van der Waals surface area contributed by atoms with E-state index in [0.29, 0.717) is 17.7 Å². The molecule has 0 radical (unpaired) electrons. The average Bonchev–Trinajstić information content (AvgIpc) is 2.90. The number of aromatic nitrogens is 4. The first-order valence-electron chi connectivity index (χ1n) is 6.54. The molecule has 3 rings (SSSR count). The maximum atomic E-state index is 8.79. The number of benzene rings is 1. The van der Waals surface area contributed by atoms with E-state index in [1.54, 1.807) is 6.33 Å². The zero-order valence-electron chi connectivity index (χ0n) is 11.3. The smallest absolute Gasteiger partial charge is 0.320 e. The minimum atomic E-state index is -0.107. The fourth-order valence-corrected chi connectivity index (χ4v) is 2.04. The molecular formula is C14H15N5O2. The standard InChI is InChI=1S/C14H15N5O2/c15-12-11-13(18-14(17-12)21-7-6-20)19(9-16-11)8-10-4-2-1-3-5-10/h1-5,9,20H,6-8H2,(H2,15,17,18). The topological polar surface area (TPSA) is 99.1 Å². The Bertz CT molecular complexity index is 742. The van der Waals surface area contributed by atoms with Gasteiger partial charge < -0.3 is 20.1 Å². The molecule has 0 saturated carbocycles. The predicted octanol–water partition coefficient (Wildman–Crippen LogP) is 0.828. The van der Waals surface area contributed by atoms with Crippen molar-refractivity contribution in [3.8, 4) is 6.01 Å². The number of hydrogen-bond donors (Lipinski definition) is 2. The first-order valence-corrected chi connectivity index (χ1v) is 6.54. The van der Waals surface area contributed by atoms with Crippen LogP contribution >= 0.6 is 0 Å². The number of rotatable bonds is 5. The molecule has 3 N–H and O–H groups in total. The van der Waals surface area contributed by atoms with Crippen molar-refractivity contribution >= 4 is 17.0 Å².